The minimum absolute atomic E-state index is 0.0881. The summed E-state index contributed by atoms with van der Waals surface area (Å²) in [5.74, 6) is 2.38. The summed E-state index contributed by atoms with van der Waals surface area (Å²) in [7, 11) is 0. The van der Waals surface area contributed by atoms with Crippen LogP contribution in [0.2, 0.25) is 0 Å². The van der Waals surface area contributed by atoms with Crippen LogP contribution < -0.4 is 0 Å². The predicted octanol–water partition coefficient (Wildman–Crippen LogP) is 27.7. The molecule has 0 saturated heterocycles. The molecule has 0 N–H and O–H groups in total. The van der Waals surface area contributed by atoms with Crippen molar-refractivity contribution in [2.24, 2.45) is 23.7 Å². The van der Waals surface area contributed by atoms with E-state index in [-0.39, 0.29) is 11.8 Å². The molecule has 490 valence electrons. The van der Waals surface area contributed by atoms with Crippen molar-refractivity contribution in [3.05, 3.63) is 79.2 Å². The van der Waals surface area contributed by atoms with Gasteiger partial charge in [0.2, 0.25) is 0 Å². The first-order chi connectivity index (χ1) is 44.0. The molecule has 0 radical (unpaired) electrons. The summed E-state index contributed by atoms with van der Waals surface area (Å²) in [5, 5.41) is 2.17. The fourth-order valence-electron chi connectivity index (χ4n) is 13.6. The summed E-state index contributed by atoms with van der Waals surface area (Å²) >= 11 is 13.0. The highest BCUT2D eigenvalue weighted by Crippen LogP contribution is 2.54. The number of hydrogen-bond acceptors (Lipinski definition) is 11. The van der Waals surface area contributed by atoms with Crippen LogP contribution in [0.5, 0.6) is 0 Å². The zero-order valence-electron chi connectivity index (χ0n) is 56.7. The van der Waals surface area contributed by atoms with Gasteiger partial charge in [-0.1, -0.05) is 242 Å². The van der Waals surface area contributed by atoms with E-state index in [1.54, 1.807) is 27.6 Å². The van der Waals surface area contributed by atoms with Gasteiger partial charge in [-0.05, 0) is 111 Å². The van der Waals surface area contributed by atoms with E-state index in [2.05, 4.69) is 111 Å². The summed E-state index contributed by atoms with van der Waals surface area (Å²) in [5.41, 5.74) is 5.79. The Bertz CT molecular complexity index is 3340. The van der Waals surface area contributed by atoms with E-state index in [0.29, 0.717) is 29.5 Å². The van der Waals surface area contributed by atoms with Gasteiger partial charge < -0.3 is 0 Å². The van der Waals surface area contributed by atoms with Crippen LogP contribution in [0, 0.1) is 23.7 Å². The lowest BCUT2D eigenvalue weighted by atomic mass is 9.91. The SMILES string of the molecule is CCCCCCCCC(CCCCCC)Cc1ccc(-c2nc3c(-c4ccc(-c5sc(CCCC)c6c5C(=O)N(CCC(C)CCCC(C)C)C6=O)s4)c4sc(-c5ccc(CC(CCCCCC)CCCCCCCC)s5)nc4c(-c4ccc(CC)s4)c3s2)s1. The maximum atomic E-state index is 14.8. The second kappa shape index (κ2) is 36.5. The van der Waals surface area contributed by atoms with Gasteiger partial charge in [-0.15, -0.1) is 79.4 Å². The number of aromatic nitrogens is 2. The van der Waals surface area contributed by atoms with Gasteiger partial charge in [0.15, 0.2) is 0 Å². The second-order valence-corrected chi connectivity index (χ2v) is 34.8. The number of fused-ring (bicyclic) bond motifs is 3. The summed E-state index contributed by atoms with van der Waals surface area (Å²) in [4.78, 5) is 55.1. The molecule has 0 bridgehead atoms. The number of imide groups is 1. The fraction of sp³-hybridized carbons (Fsp3) is 0.615. The molecule has 8 aromatic rings. The van der Waals surface area contributed by atoms with Gasteiger partial charge >= 0.3 is 0 Å². The number of nitrogens with zero attached hydrogens (tertiary/aromatic N) is 3. The summed E-state index contributed by atoms with van der Waals surface area (Å²) in [6.45, 7) is 21.1. The van der Waals surface area contributed by atoms with Crippen LogP contribution in [0.15, 0.2) is 48.5 Å². The largest absolute Gasteiger partial charge is 0.274 e. The highest BCUT2D eigenvalue weighted by Gasteiger charge is 2.42. The molecule has 1 aromatic carbocycles. The Balaban J connectivity index is 1.12. The van der Waals surface area contributed by atoms with Crippen LogP contribution in [0.3, 0.4) is 0 Å². The molecule has 12 heteroatoms. The molecule has 3 unspecified atom stereocenters. The lowest BCUT2D eigenvalue weighted by Gasteiger charge is -2.18. The van der Waals surface area contributed by atoms with Crippen LogP contribution >= 0.6 is 79.4 Å². The van der Waals surface area contributed by atoms with Crippen molar-refractivity contribution in [2.45, 2.75) is 281 Å². The average molecular weight is 1350 g/mol. The quantitative estimate of drug-likeness (QED) is 0.0282. The zero-order valence-corrected chi connectivity index (χ0v) is 62.4. The summed E-state index contributed by atoms with van der Waals surface area (Å²) in [6.07, 6.45) is 42.6. The highest BCUT2D eigenvalue weighted by atomic mass is 32.1. The van der Waals surface area contributed by atoms with Gasteiger partial charge in [0.05, 0.1) is 46.2 Å². The van der Waals surface area contributed by atoms with E-state index in [0.717, 1.165) is 109 Å². The van der Waals surface area contributed by atoms with Crippen molar-refractivity contribution < 1.29 is 9.59 Å². The van der Waals surface area contributed by atoms with Gasteiger partial charge in [0.1, 0.15) is 10.0 Å². The number of thiazole rings is 2. The van der Waals surface area contributed by atoms with Crippen molar-refractivity contribution in [1.82, 2.24) is 14.9 Å². The maximum Gasteiger partial charge on any atom is 0.263 e. The van der Waals surface area contributed by atoms with Crippen LogP contribution in [-0.2, 0) is 25.7 Å². The highest BCUT2D eigenvalue weighted by molar-refractivity contribution is 7.29. The van der Waals surface area contributed by atoms with E-state index in [1.165, 1.54) is 211 Å². The molecule has 90 heavy (non-hydrogen) atoms. The van der Waals surface area contributed by atoms with E-state index >= 15 is 0 Å². The number of rotatable bonds is 44. The third-order valence-corrected chi connectivity index (χ3v) is 27.6. The maximum absolute atomic E-state index is 14.8. The van der Waals surface area contributed by atoms with Gasteiger partial charge in [-0.25, -0.2) is 9.97 Å². The van der Waals surface area contributed by atoms with Crippen molar-refractivity contribution >= 4 is 112 Å². The number of carbonyl (C=O) groups is 2. The van der Waals surface area contributed by atoms with Crippen molar-refractivity contribution in [3.63, 3.8) is 0 Å². The average Bonchev–Trinajstić information content (AvgIpc) is 1.56. The van der Waals surface area contributed by atoms with Crippen LogP contribution in [0.4, 0.5) is 0 Å². The van der Waals surface area contributed by atoms with E-state index < -0.39 is 0 Å². The Kier molecular flexibility index (Phi) is 28.8. The number of amides is 2. The first-order valence-corrected chi connectivity index (χ1v) is 41.8. The van der Waals surface area contributed by atoms with Crippen molar-refractivity contribution in [3.8, 4) is 50.4 Å². The van der Waals surface area contributed by atoms with Gasteiger partial charge in [0, 0.05) is 51.8 Å². The molecule has 3 atom stereocenters. The molecule has 9 rings (SSSR count). The lowest BCUT2D eigenvalue weighted by Crippen LogP contribution is -2.32. The third-order valence-electron chi connectivity index (χ3n) is 19.1. The molecule has 7 aromatic heterocycles. The topological polar surface area (TPSA) is 63.2 Å². The molecule has 1 aliphatic heterocycles. The number of carbonyl (C=O) groups excluding carboxylic acids is 2. The van der Waals surface area contributed by atoms with Crippen molar-refractivity contribution in [1.29, 1.82) is 0 Å². The molecule has 5 nitrogen and oxygen atoms in total. The molecule has 0 aliphatic carbocycles. The standard InChI is InChI=1S/C78H109N3O2S7/c1-10-16-21-25-27-31-38-55(36-29-23-18-12-3)51-58-42-45-64(85-58)75-79-70-67(61-44-41-57(15-6)84-61)73-71(80-76(89-73)65-46-43-59(86-65)52-56(37-30-24-19-13-4)39-32-28-26-22-17-11-2)68(74(70)90-75)62-47-48-63(87-62)72-69-66(60(88-72)40-20-14-5)77(82)81(78(69)83)50-49-54(9)35-33-34-53(7)8/h41-48,53-56H,10-40,49-52H2,1-9H3. The minimum Gasteiger partial charge on any atom is -0.274 e. The molecular weight excluding hydrogens is 1240 g/mol. The molecule has 0 fully saturated rings. The zero-order chi connectivity index (χ0) is 63.4. The van der Waals surface area contributed by atoms with E-state index in [1.807, 2.05) is 56.7 Å². The predicted molar refractivity (Wildman–Crippen MR) is 403 cm³/mol. The van der Waals surface area contributed by atoms with E-state index in [9.17, 15) is 9.59 Å². The normalized spacial score (nSPS) is 13.8. The fourth-order valence-corrected chi connectivity index (χ4v) is 21.9. The van der Waals surface area contributed by atoms with Crippen LogP contribution in [-0.4, -0.2) is 33.2 Å². The van der Waals surface area contributed by atoms with Gasteiger partial charge in [-0.3, -0.25) is 14.5 Å². The van der Waals surface area contributed by atoms with Gasteiger partial charge in [-0.2, -0.15) is 0 Å². The first-order valence-electron chi connectivity index (χ1n) is 36.1. The molecule has 1 aliphatic rings. The monoisotopic (exact) mass is 1340 g/mol. The third kappa shape index (κ3) is 18.8. The Morgan fingerprint density at radius 2 is 0.822 bits per heavy atom. The molecule has 2 amide bonds. The number of aryl methyl sites for hydroxylation is 2. The Morgan fingerprint density at radius 3 is 1.32 bits per heavy atom. The van der Waals surface area contributed by atoms with Crippen molar-refractivity contribution in [2.75, 3.05) is 6.54 Å². The Labute approximate surface area is 571 Å². The van der Waals surface area contributed by atoms with Gasteiger partial charge in [0.25, 0.3) is 11.8 Å². The Hall–Kier alpha value is -3.36. The molecule has 8 heterocycles. The second-order valence-electron chi connectivity index (χ2n) is 27.1. The molecular formula is C78H109N3O2S7. The van der Waals surface area contributed by atoms with Crippen LogP contribution in [0.1, 0.15) is 295 Å². The smallest absolute Gasteiger partial charge is 0.263 e. The lowest BCUT2D eigenvalue weighted by molar-refractivity contribution is 0.0645. The number of unbranched alkanes of at least 4 members (excludes halogenated alkanes) is 17. The molecule has 0 spiro atoms. The first kappa shape index (κ1) is 70.9. The minimum atomic E-state index is -0.109. The number of benzene rings is 1. The summed E-state index contributed by atoms with van der Waals surface area (Å²) < 4.78 is 2.39. The number of hydrogen-bond donors (Lipinski definition) is 0. The van der Waals surface area contributed by atoms with Crippen LogP contribution in [0.25, 0.3) is 70.8 Å². The van der Waals surface area contributed by atoms with E-state index in [4.69, 9.17) is 9.97 Å². The number of thiophene rings is 5. The Morgan fingerprint density at radius 1 is 0.389 bits per heavy atom. The molecule has 0 saturated carbocycles. The summed E-state index contributed by atoms with van der Waals surface area (Å²) in [6, 6.07) is 18.8.